The number of ether oxygens (including phenoxy) is 2. The van der Waals surface area contributed by atoms with Crippen LogP contribution in [0.25, 0.3) is 11.0 Å². The predicted molar refractivity (Wildman–Crippen MR) is 160 cm³/mol. The number of hydrogen-bond donors (Lipinski definition) is 4. The second-order valence-electron chi connectivity index (χ2n) is 10.5. The van der Waals surface area contributed by atoms with Crippen molar-refractivity contribution in [3.63, 3.8) is 0 Å². The number of carbonyl (C=O) groups is 1. The summed E-state index contributed by atoms with van der Waals surface area (Å²) in [6.07, 6.45) is 1.97. The Morgan fingerprint density at radius 3 is 2.17 bits per heavy atom. The fourth-order valence-electron chi connectivity index (χ4n) is 4.88. The molecule has 1 unspecified atom stereocenters. The minimum atomic E-state index is -4.09. The third kappa shape index (κ3) is 5.95. The molecule has 1 saturated heterocycles. The van der Waals surface area contributed by atoms with Crippen LogP contribution in [-0.2, 0) is 14.8 Å². The van der Waals surface area contributed by atoms with Crippen molar-refractivity contribution in [2.45, 2.75) is 23.8 Å². The average molecular weight is 589 g/mol. The van der Waals surface area contributed by atoms with Gasteiger partial charge in [-0.25, -0.2) is 18.4 Å². The number of methoxy groups -OCH3 is 2. The van der Waals surface area contributed by atoms with Gasteiger partial charge in [0.2, 0.25) is 5.91 Å². The molecule has 2 fully saturated rings. The summed E-state index contributed by atoms with van der Waals surface area (Å²) in [6, 6.07) is 18.9. The summed E-state index contributed by atoms with van der Waals surface area (Å²) in [7, 11) is -0.992. The van der Waals surface area contributed by atoms with Crippen molar-refractivity contribution in [2.24, 2.45) is 11.8 Å². The number of aromatic nitrogens is 2. The summed E-state index contributed by atoms with van der Waals surface area (Å²) in [5.41, 5.74) is 2.44. The fourth-order valence-corrected chi connectivity index (χ4v) is 5.95. The molecule has 1 saturated carbocycles. The van der Waals surface area contributed by atoms with E-state index in [1.165, 1.54) is 6.07 Å². The number of rotatable bonds is 11. The van der Waals surface area contributed by atoms with Crippen molar-refractivity contribution in [3.05, 3.63) is 72.3 Å². The number of para-hydroxylation sites is 2. The molecule has 218 valence electrons. The van der Waals surface area contributed by atoms with E-state index >= 15 is 0 Å². The van der Waals surface area contributed by atoms with Gasteiger partial charge in [0.05, 0.1) is 42.1 Å². The monoisotopic (exact) mass is 588 g/mol. The maximum atomic E-state index is 13.7. The summed E-state index contributed by atoms with van der Waals surface area (Å²) in [5, 5.41) is 9.44. The van der Waals surface area contributed by atoms with Crippen molar-refractivity contribution in [3.8, 4) is 11.5 Å². The molecule has 1 amide bonds. The quantitative estimate of drug-likeness (QED) is 0.205. The Balaban J connectivity index is 1.32. The first-order valence-corrected chi connectivity index (χ1v) is 15.2. The molecule has 0 radical (unpaired) electrons. The molecule has 2 aliphatic rings. The molecule has 1 aliphatic carbocycles. The molecule has 12 heteroatoms. The summed E-state index contributed by atoms with van der Waals surface area (Å²) in [4.78, 5) is 22.0. The van der Waals surface area contributed by atoms with Crippen molar-refractivity contribution in [2.75, 3.05) is 37.3 Å². The van der Waals surface area contributed by atoms with Gasteiger partial charge in [0.1, 0.15) is 11.5 Å². The number of fused-ring (bicyclic) bond motifs is 1. The first-order chi connectivity index (χ1) is 20.3. The Bertz CT molecular complexity index is 1720. The summed E-state index contributed by atoms with van der Waals surface area (Å²) in [6.45, 7) is 1.32. The molecule has 2 heterocycles. The van der Waals surface area contributed by atoms with Gasteiger partial charge in [-0.05, 0) is 48.6 Å². The van der Waals surface area contributed by atoms with E-state index in [-0.39, 0.29) is 40.3 Å². The SMILES string of the molecule is COc1cc(Nc2nc3ccccc3nc2NS(=O)(=O)c2cccc(C(NC(=O)C3CNC3)C3CC3)c2)cc(OC)c1. The molecule has 0 bridgehead atoms. The third-order valence-corrected chi connectivity index (χ3v) is 8.82. The number of nitrogens with one attached hydrogen (secondary N) is 4. The fraction of sp³-hybridized carbons (Fsp3) is 0.300. The Hall–Kier alpha value is -4.42. The highest BCUT2D eigenvalue weighted by Crippen LogP contribution is 2.42. The van der Waals surface area contributed by atoms with Crippen molar-refractivity contribution < 1.29 is 22.7 Å². The van der Waals surface area contributed by atoms with Gasteiger partial charge in [-0.2, -0.15) is 0 Å². The maximum absolute atomic E-state index is 13.7. The standard InChI is InChI=1S/C30H32N6O5S/c1-40-22-13-21(14-23(15-22)41-2)32-28-29(34-26-9-4-3-8-25(26)33-28)36-42(38,39)24-7-5-6-19(12-24)27(18-10-11-18)35-30(37)20-16-31-17-20/h3-9,12-15,18,20,27,31H,10-11,16-17H2,1-2H3,(H,32,33)(H,34,36)(H,35,37). The molecule has 3 aromatic carbocycles. The minimum Gasteiger partial charge on any atom is -0.497 e. The van der Waals surface area contributed by atoms with Gasteiger partial charge in [-0.3, -0.25) is 9.52 Å². The molecule has 1 atom stereocenters. The van der Waals surface area contributed by atoms with E-state index in [4.69, 9.17) is 9.47 Å². The molecule has 42 heavy (non-hydrogen) atoms. The van der Waals surface area contributed by atoms with E-state index in [2.05, 4.69) is 30.6 Å². The number of benzene rings is 3. The van der Waals surface area contributed by atoms with Crippen molar-refractivity contribution in [1.29, 1.82) is 0 Å². The van der Waals surface area contributed by atoms with Crippen molar-refractivity contribution in [1.82, 2.24) is 20.6 Å². The number of hydrogen-bond acceptors (Lipinski definition) is 9. The highest BCUT2D eigenvalue weighted by molar-refractivity contribution is 7.92. The zero-order valence-electron chi connectivity index (χ0n) is 23.3. The molecular formula is C30H32N6O5S. The summed E-state index contributed by atoms with van der Waals surface area (Å²) < 4.78 is 40.9. The zero-order valence-corrected chi connectivity index (χ0v) is 24.1. The van der Waals surface area contributed by atoms with Crippen LogP contribution >= 0.6 is 0 Å². The first kappa shape index (κ1) is 27.7. The van der Waals surface area contributed by atoms with Crippen molar-refractivity contribution >= 4 is 44.3 Å². The molecule has 1 aromatic heterocycles. The first-order valence-electron chi connectivity index (χ1n) is 13.7. The number of nitrogens with zero attached hydrogens (tertiary/aromatic N) is 2. The second kappa shape index (κ2) is 11.5. The molecule has 11 nitrogen and oxygen atoms in total. The van der Waals surface area contributed by atoms with E-state index in [9.17, 15) is 13.2 Å². The number of sulfonamides is 1. The maximum Gasteiger partial charge on any atom is 0.263 e. The third-order valence-electron chi connectivity index (χ3n) is 7.49. The topological polar surface area (TPSA) is 144 Å². The van der Waals surface area contributed by atoms with Crippen LogP contribution in [0.3, 0.4) is 0 Å². The summed E-state index contributed by atoms with van der Waals surface area (Å²) in [5.74, 6) is 1.57. The lowest BCUT2D eigenvalue weighted by Crippen LogP contribution is -2.51. The van der Waals surface area contributed by atoms with Crippen LogP contribution in [0.1, 0.15) is 24.4 Å². The number of carbonyl (C=O) groups excluding carboxylic acids is 1. The van der Waals surface area contributed by atoms with Gasteiger partial charge < -0.3 is 25.4 Å². The van der Waals surface area contributed by atoms with Crippen LogP contribution in [-0.4, -0.2) is 51.6 Å². The van der Waals surface area contributed by atoms with Gasteiger partial charge in [0.15, 0.2) is 11.6 Å². The molecule has 0 spiro atoms. The lowest BCUT2D eigenvalue weighted by Gasteiger charge is -2.29. The number of amides is 1. The highest BCUT2D eigenvalue weighted by atomic mass is 32.2. The van der Waals surface area contributed by atoms with E-state index in [1.54, 1.807) is 56.7 Å². The van der Waals surface area contributed by atoms with Gasteiger partial charge >= 0.3 is 0 Å². The second-order valence-corrected chi connectivity index (χ2v) is 12.2. The van der Waals surface area contributed by atoms with Gasteiger partial charge in [0, 0.05) is 37.0 Å². The van der Waals surface area contributed by atoms with Crippen LogP contribution in [0.15, 0.2) is 71.6 Å². The lowest BCUT2D eigenvalue weighted by molar-refractivity contribution is -0.127. The van der Waals surface area contributed by atoms with E-state index in [0.29, 0.717) is 41.3 Å². The normalized spacial score (nSPS) is 15.9. The lowest BCUT2D eigenvalue weighted by atomic mass is 9.98. The Morgan fingerprint density at radius 2 is 1.57 bits per heavy atom. The van der Waals surface area contributed by atoms with Gasteiger partial charge in [-0.1, -0.05) is 24.3 Å². The average Bonchev–Trinajstić information content (AvgIpc) is 3.80. The van der Waals surface area contributed by atoms with E-state index in [1.807, 2.05) is 18.2 Å². The van der Waals surface area contributed by atoms with Crippen LogP contribution in [0.5, 0.6) is 11.5 Å². The van der Waals surface area contributed by atoms with Gasteiger partial charge in [-0.15, -0.1) is 0 Å². The molecule has 6 rings (SSSR count). The van der Waals surface area contributed by atoms with Gasteiger partial charge in [0.25, 0.3) is 10.0 Å². The molecule has 4 aromatic rings. The van der Waals surface area contributed by atoms with Crippen LogP contribution in [0.4, 0.5) is 17.3 Å². The largest absolute Gasteiger partial charge is 0.497 e. The molecule has 1 aliphatic heterocycles. The Labute approximate surface area is 244 Å². The predicted octanol–water partition coefficient (Wildman–Crippen LogP) is 3.98. The van der Waals surface area contributed by atoms with Crippen LogP contribution < -0.4 is 30.1 Å². The minimum absolute atomic E-state index is 0.00615. The van der Waals surface area contributed by atoms with E-state index in [0.717, 1.165) is 18.4 Å². The highest BCUT2D eigenvalue weighted by Gasteiger charge is 2.36. The van der Waals surface area contributed by atoms with Crippen LogP contribution in [0, 0.1) is 11.8 Å². The van der Waals surface area contributed by atoms with Crippen LogP contribution in [0.2, 0.25) is 0 Å². The Kier molecular flexibility index (Phi) is 7.56. The smallest absolute Gasteiger partial charge is 0.263 e. The Morgan fingerprint density at radius 1 is 0.905 bits per heavy atom. The van der Waals surface area contributed by atoms with E-state index < -0.39 is 10.0 Å². The molecular weight excluding hydrogens is 556 g/mol. The number of anilines is 3. The summed E-state index contributed by atoms with van der Waals surface area (Å²) >= 11 is 0. The molecule has 4 N–H and O–H groups in total. The zero-order chi connectivity index (χ0) is 29.3.